The molecule has 1 saturated heterocycles. The maximum absolute atomic E-state index is 11.8. The first-order valence-corrected chi connectivity index (χ1v) is 9.89. The van der Waals surface area contributed by atoms with Crippen LogP contribution in [0.25, 0.3) is 0 Å². The van der Waals surface area contributed by atoms with Crippen molar-refractivity contribution >= 4 is 46.7 Å². The summed E-state index contributed by atoms with van der Waals surface area (Å²) in [5, 5.41) is 3.67. The number of imide groups is 1. The molecule has 3 aromatic rings. The number of halogens is 1. The number of nitrogen functional groups attached to an aromatic ring is 1. The second-order valence-corrected chi connectivity index (χ2v) is 7.34. The molecule has 0 saturated carbocycles. The molecule has 158 valence electrons. The molecular weight excluding hydrogens is 420 g/mol. The van der Waals surface area contributed by atoms with Crippen LogP contribution in [0.15, 0.2) is 42.5 Å². The molecule has 1 aliphatic rings. The van der Waals surface area contributed by atoms with E-state index in [9.17, 15) is 9.59 Å². The second kappa shape index (κ2) is 8.57. The van der Waals surface area contributed by atoms with E-state index in [0.29, 0.717) is 22.3 Å². The van der Waals surface area contributed by atoms with Gasteiger partial charge in [-0.15, -0.1) is 0 Å². The Hall–Kier alpha value is -3.72. The highest BCUT2D eigenvalue weighted by atomic mass is 35.5. The molecule has 0 unspecified atom stereocenters. The third-order valence-electron chi connectivity index (χ3n) is 4.64. The molecule has 0 atom stereocenters. The number of hydrogen-bond donors (Lipinski definition) is 2. The number of nitrogens with one attached hydrogen (secondary N) is 1. The van der Waals surface area contributed by atoms with Crippen molar-refractivity contribution in [1.29, 1.82) is 0 Å². The average molecular weight is 439 g/mol. The van der Waals surface area contributed by atoms with Gasteiger partial charge in [0.2, 0.25) is 23.7 Å². The van der Waals surface area contributed by atoms with Gasteiger partial charge in [-0.1, -0.05) is 17.7 Å². The number of ether oxygens (including phenoxy) is 1. The summed E-state index contributed by atoms with van der Waals surface area (Å²) < 4.78 is 5.71. The molecule has 0 spiro atoms. The van der Waals surface area contributed by atoms with Gasteiger partial charge in [0.1, 0.15) is 12.4 Å². The fourth-order valence-corrected chi connectivity index (χ4v) is 3.24. The van der Waals surface area contributed by atoms with Gasteiger partial charge in [-0.2, -0.15) is 15.0 Å². The summed E-state index contributed by atoms with van der Waals surface area (Å²) in [5.74, 6) is 0.787. The summed E-state index contributed by atoms with van der Waals surface area (Å²) >= 11 is 6.15. The van der Waals surface area contributed by atoms with E-state index in [-0.39, 0.29) is 43.2 Å². The number of benzene rings is 2. The van der Waals surface area contributed by atoms with E-state index in [4.69, 9.17) is 22.1 Å². The van der Waals surface area contributed by atoms with Crippen LogP contribution >= 0.6 is 11.6 Å². The Morgan fingerprint density at radius 2 is 1.77 bits per heavy atom. The molecule has 31 heavy (non-hydrogen) atoms. The van der Waals surface area contributed by atoms with E-state index in [2.05, 4.69) is 20.3 Å². The van der Waals surface area contributed by atoms with Crippen LogP contribution in [0.4, 0.5) is 23.3 Å². The van der Waals surface area contributed by atoms with Gasteiger partial charge >= 0.3 is 0 Å². The minimum atomic E-state index is -0.200. The lowest BCUT2D eigenvalue weighted by Gasteiger charge is -2.14. The third kappa shape index (κ3) is 4.72. The zero-order chi connectivity index (χ0) is 22.0. The Kier molecular flexibility index (Phi) is 5.68. The van der Waals surface area contributed by atoms with Gasteiger partial charge in [0, 0.05) is 23.6 Å². The van der Waals surface area contributed by atoms with Crippen molar-refractivity contribution in [2.45, 2.75) is 26.4 Å². The Labute approximate surface area is 183 Å². The van der Waals surface area contributed by atoms with Crippen molar-refractivity contribution in [3.63, 3.8) is 0 Å². The number of hydrogen-bond acceptors (Lipinski definition) is 8. The molecule has 1 fully saturated rings. The summed E-state index contributed by atoms with van der Waals surface area (Å²) in [5.41, 5.74) is 8.00. The van der Waals surface area contributed by atoms with Gasteiger partial charge in [0.05, 0.1) is 5.69 Å². The molecule has 1 aliphatic heterocycles. The zero-order valence-corrected chi connectivity index (χ0v) is 17.4. The molecule has 0 aliphatic carbocycles. The lowest BCUT2D eigenvalue weighted by molar-refractivity contribution is -0.121. The number of nitrogens with two attached hydrogens (primary N) is 1. The van der Waals surface area contributed by atoms with Crippen molar-refractivity contribution in [2.24, 2.45) is 0 Å². The Bertz CT molecular complexity index is 1140. The number of carbonyl (C=O) groups is 2. The summed E-state index contributed by atoms with van der Waals surface area (Å²) in [6.45, 7) is 1.97. The lowest BCUT2D eigenvalue weighted by Crippen LogP contribution is -2.28. The largest absolute Gasteiger partial charge is 0.486 e. The highest BCUT2D eigenvalue weighted by Gasteiger charge is 2.30. The highest BCUT2D eigenvalue weighted by Crippen LogP contribution is 2.25. The number of aryl methyl sites for hydroxylation is 1. The van der Waals surface area contributed by atoms with Crippen molar-refractivity contribution in [3.8, 4) is 5.75 Å². The molecule has 0 radical (unpaired) electrons. The first-order chi connectivity index (χ1) is 14.9. The first kappa shape index (κ1) is 20.5. The van der Waals surface area contributed by atoms with Gasteiger partial charge in [0.25, 0.3) is 0 Å². The normalized spacial score (nSPS) is 13.5. The van der Waals surface area contributed by atoms with E-state index < -0.39 is 0 Å². The zero-order valence-electron chi connectivity index (χ0n) is 16.6. The minimum Gasteiger partial charge on any atom is -0.486 e. The SMILES string of the molecule is Cc1ccc(Nc2nc(N)nc(COc3ccc(N4C(=O)CCC4=O)cc3)n2)cc1Cl. The number of nitrogens with zero attached hydrogens (tertiary/aromatic N) is 4. The minimum absolute atomic E-state index is 0.0516. The van der Waals surface area contributed by atoms with Crippen molar-refractivity contribution in [3.05, 3.63) is 58.9 Å². The van der Waals surface area contributed by atoms with Crippen LogP contribution in [0, 0.1) is 6.92 Å². The Morgan fingerprint density at radius 1 is 1.06 bits per heavy atom. The lowest BCUT2D eigenvalue weighted by atomic mass is 10.2. The Morgan fingerprint density at radius 3 is 2.45 bits per heavy atom. The third-order valence-corrected chi connectivity index (χ3v) is 5.05. The fraction of sp³-hybridized carbons (Fsp3) is 0.190. The number of anilines is 4. The van der Waals surface area contributed by atoms with Crippen molar-refractivity contribution < 1.29 is 14.3 Å². The van der Waals surface area contributed by atoms with Crippen LogP contribution in [-0.2, 0) is 16.2 Å². The molecule has 4 rings (SSSR count). The van der Waals surface area contributed by atoms with E-state index in [1.54, 1.807) is 30.3 Å². The van der Waals surface area contributed by atoms with Crippen molar-refractivity contribution in [2.75, 3.05) is 16.0 Å². The van der Waals surface area contributed by atoms with Crippen LogP contribution in [0.2, 0.25) is 5.02 Å². The first-order valence-electron chi connectivity index (χ1n) is 9.51. The Balaban J connectivity index is 1.43. The molecule has 10 heteroatoms. The van der Waals surface area contributed by atoms with Gasteiger partial charge in [-0.3, -0.25) is 14.5 Å². The van der Waals surface area contributed by atoms with Crippen LogP contribution in [0.1, 0.15) is 24.2 Å². The standard InChI is InChI=1S/C21H19ClN6O3/c1-12-2-3-13(10-16(12)22)24-21-26-17(25-20(23)27-21)11-31-15-6-4-14(5-7-15)28-18(29)8-9-19(28)30/h2-7,10H,8-9,11H2,1H3,(H3,23,24,25,26,27). The molecule has 2 heterocycles. The maximum atomic E-state index is 11.8. The van der Waals surface area contributed by atoms with Crippen LogP contribution in [0.5, 0.6) is 5.75 Å². The summed E-state index contributed by atoms with van der Waals surface area (Å²) in [6.07, 6.45) is 0.478. The smallest absolute Gasteiger partial charge is 0.234 e. The molecule has 1 aromatic heterocycles. The number of rotatable bonds is 6. The van der Waals surface area contributed by atoms with Crippen molar-refractivity contribution in [1.82, 2.24) is 15.0 Å². The number of carbonyl (C=O) groups excluding carboxylic acids is 2. The molecule has 9 nitrogen and oxygen atoms in total. The monoisotopic (exact) mass is 438 g/mol. The van der Waals surface area contributed by atoms with Gasteiger partial charge in [-0.05, 0) is 48.9 Å². The topological polar surface area (TPSA) is 123 Å². The average Bonchev–Trinajstić information content (AvgIpc) is 3.07. The molecule has 2 amide bonds. The van der Waals surface area contributed by atoms with E-state index >= 15 is 0 Å². The van der Waals surface area contributed by atoms with E-state index in [1.165, 1.54) is 4.90 Å². The van der Waals surface area contributed by atoms with Crippen LogP contribution in [0.3, 0.4) is 0 Å². The molecular formula is C21H19ClN6O3. The van der Waals surface area contributed by atoms with Gasteiger partial charge in [-0.25, -0.2) is 0 Å². The molecule has 3 N–H and O–H groups in total. The maximum Gasteiger partial charge on any atom is 0.234 e. The van der Waals surface area contributed by atoms with Crippen LogP contribution in [-0.4, -0.2) is 26.8 Å². The van der Waals surface area contributed by atoms with Gasteiger partial charge < -0.3 is 15.8 Å². The number of aromatic nitrogens is 3. The van der Waals surface area contributed by atoms with Gasteiger partial charge in [0.15, 0.2) is 5.82 Å². The quantitative estimate of drug-likeness (QED) is 0.561. The number of amides is 2. The molecule has 0 bridgehead atoms. The predicted octanol–water partition coefficient (Wildman–Crippen LogP) is 3.39. The summed E-state index contributed by atoms with van der Waals surface area (Å²) in [7, 11) is 0. The summed E-state index contributed by atoms with van der Waals surface area (Å²) in [6, 6.07) is 12.2. The highest BCUT2D eigenvalue weighted by molar-refractivity contribution is 6.31. The van der Waals surface area contributed by atoms with Crippen LogP contribution < -0.4 is 20.7 Å². The summed E-state index contributed by atoms with van der Waals surface area (Å²) in [4.78, 5) is 37.4. The predicted molar refractivity (Wildman–Crippen MR) is 116 cm³/mol. The molecule has 2 aromatic carbocycles. The fourth-order valence-electron chi connectivity index (χ4n) is 3.06. The second-order valence-electron chi connectivity index (χ2n) is 6.93. The van der Waals surface area contributed by atoms with E-state index in [0.717, 1.165) is 11.3 Å². The van der Waals surface area contributed by atoms with E-state index in [1.807, 2.05) is 19.1 Å².